The van der Waals surface area contributed by atoms with Crippen molar-refractivity contribution in [1.29, 1.82) is 0 Å². The van der Waals surface area contributed by atoms with Gasteiger partial charge in [-0.3, -0.25) is 19.6 Å². The number of hydrogen-bond acceptors (Lipinski definition) is 19. The van der Waals surface area contributed by atoms with Crippen LogP contribution in [0, 0.1) is 10.1 Å². The number of ether oxygens (including phenoxy) is 2. The summed E-state index contributed by atoms with van der Waals surface area (Å²) < 4.78 is 151. The second-order valence-electron chi connectivity index (χ2n) is 9.53. The fraction of sp³-hybridized carbons (Fsp3) is 0.143. The van der Waals surface area contributed by atoms with Crippen molar-refractivity contribution < 1.29 is 83.7 Å². The van der Waals surface area contributed by atoms with Crippen LogP contribution < -0.4 is 33.0 Å². The molecule has 320 valence electrons. The molecule has 4 aromatic carbocycles. The highest BCUT2D eigenvalue weighted by Gasteiger charge is 2.20. The fourth-order valence-corrected chi connectivity index (χ4v) is 7.15. The summed E-state index contributed by atoms with van der Waals surface area (Å²) in [4.78, 5) is 8.21. The molecule has 58 heavy (non-hydrogen) atoms. The average molecular weight is 945 g/mol. The molecule has 4 rings (SSSR count). The van der Waals surface area contributed by atoms with Gasteiger partial charge in [-0.15, -0.1) is 16.4 Å². The summed E-state index contributed by atoms with van der Waals surface area (Å²) in [5.41, 5.74) is 5.82. The molecule has 0 aliphatic rings. The number of nitrogens with zero attached hydrogens (tertiary/aromatic N) is 1. The third kappa shape index (κ3) is 16.3. The van der Waals surface area contributed by atoms with E-state index in [1.165, 1.54) is 32.4 Å². The zero-order valence-electron chi connectivity index (χ0n) is 29.4. The number of benzene rings is 4. The van der Waals surface area contributed by atoms with Crippen LogP contribution in [0.5, 0.6) is 23.0 Å². The molecule has 0 saturated carbocycles. The third-order valence-electron chi connectivity index (χ3n) is 5.93. The zero-order valence-corrected chi connectivity index (χ0v) is 34.3. The van der Waals surface area contributed by atoms with E-state index in [0.29, 0.717) is 17.5 Å². The Bertz CT molecular complexity index is 2300. The quantitative estimate of drug-likeness (QED) is 0.0162. The van der Waals surface area contributed by atoms with E-state index < -0.39 is 63.4 Å². The largest absolute Gasteiger partial charge is 0.495 e. The molecule has 2 unspecified atom stereocenters. The van der Waals surface area contributed by atoms with Gasteiger partial charge in [0, 0.05) is 39.7 Å². The van der Waals surface area contributed by atoms with Crippen LogP contribution in [0.1, 0.15) is 13.8 Å². The number of rotatable bonds is 19. The topological polar surface area (TPSA) is 269 Å². The molecule has 20 nitrogen and oxygen atoms in total. The number of nitro groups is 1. The predicted octanol–water partition coefficient (Wildman–Crippen LogP) is 7.04. The Labute approximate surface area is 340 Å². The van der Waals surface area contributed by atoms with E-state index in [4.69, 9.17) is 23.6 Å². The molecular formula is C28H28F4N4O16S6. The number of non-ortho nitro benzene ring substituents is 1. The molecule has 0 heterocycles. The van der Waals surface area contributed by atoms with Gasteiger partial charge < -0.3 is 23.6 Å². The summed E-state index contributed by atoms with van der Waals surface area (Å²) in [7, 11) is -7.67. The molecule has 0 bridgehead atoms. The molecule has 0 saturated heterocycles. The first-order chi connectivity index (χ1) is 27.4. The minimum atomic E-state index is -5.19. The molecule has 2 atom stereocenters. The number of nitrogens with one attached hydrogen (secondary N) is 2. The Morgan fingerprint density at radius 3 is 1.48 bits per heavy atom. The molecular weight excluding hydrogens is 917 g/mol. The van der Waals surface area contributed by atoms with Gasteiger partial charge in [0.2, 0.25) is 0 Å². The molecule has 0 aliphatic carbocycles. The standard InChI is InChI=1S/C13H10F2N2O9S3.C13H12F2N2O7S3.C2H6/c1-23-13-3-2-8(17(18)19)4-12(13)16-28(20)24-9-5-10(27-26-25-14)7-11(6-9)29(15,21)22;1-21-13-3-2-8(16)4-12(13)17-26(18)22-9-5-10(25-24-23-14)7-11(6-9)27(15,19)20;1-2/h2-7,16H,1H3;2-7,17H,16H2,1H3;1-2H3. The van der Waals surface area contributed by atoms with Crippen molar-refractivity contribution in [2.24, 2.45) is 0 Å². The van der Waals surface area contributed by atoms with E-state index in [1.807, 2.05) is 13.8 Å². The van der Waals surface area contributed by atoms with Gasteiger partial charge >= 0.3 is 43.0 Å². The van der Waals surface area contributed by atoms with Gasteiger partial charge in [0.15, 0.2) is 0 Å². The summed E-state index contributed by atoms with van der Waals surface area (Å²) in [6.45, 7) is 4.00. The van der Waals surface area contributed by atoms with Crippen LogP contribution in [-0.2, 0) is 61.8 Å². The number of nitrogens with two attached hydrogens (primary N) is 1. The molecule has 0 amide bonds. The van der Waals surface area contributed by atoms with E-state index >= 15 is 0 Å². The number of nitrogen functional groups attached to an aromatic ring is 1. The van der Waals surface area contributed by atoms with Crippen LogP contribution in [-0.4, -0.2) is 44.4 Å². The summed E-state index contributed by atoms with van der Waals surface area (Å²) in [6, 6.07) is 13.2. The van der Waals surface area contributed by atoms with Crippen LogP contribution in [0.2, 0.25) is 0 Å². The Morgan fingerprint density at radius 2 is 1.10 bits per heavy atom. The smallest absolute Gasteiger partial charge is 0.332 e. The highest BCUT2D eigenvalue weighted by Crippen LogP contribution is 2.33. The Kier molecular flexibility index (Phi) is 20.2. The maximum absolute atomic E-state index is 13.3. The molecule has 0 radical (unpaired) electrons. The molecule has 0 aliphatic heterocycles. The maximum Gasteiger partial charge on any atom is 0.332 e. The van der Waals surface area contributed by atoms with Gasteiger partial charge in [0.1, 0.15) is 32.8 Å². The monoisotopic (exact) mass is 944 g/mol. The van der Waals surface area contributed by atoms with Gasteiger partial charge in [-0.05, 0) is 67.8 Å². The summed E-state index contributed by atoms with van der Waals surface area (Å²) in [6.07, 6.45) is 0. The second kappa shape index (κ2) is 23.7. The van der Waals surface area contributed by atoms with Crippen molar-refractivity contribution in [2.75, 3.05) is 29.4 Å². The van der Waals surface area contributed by atoms with Crippen LogP contribution in [0.25, 0.3) is 0 Å². The zero-order chi connectivity index (χ0) is 43.6. The van der Waals surface area contributed by atoms with Gasteiger partial charge in [-0.25, -0.2) is 0 Å². The Balaban J connectivity index is 0.000000385. The highest BCUT2D eigenvalue weighted by atomic mass is 32.3. The Morgan fingerprint density at radius 1 is 0.690 bits per heavy atom. The van der Waals surface area contributed by atoms with E-state index in [0.717, 1.165) is 42.5 Å². The van der Waals surface area contributed by atoms with Crippen molar-refractivity contribution in [1.82, 2.24) is 0 Å². The number of nitro benzene ring substituents is 1. The lowest BCUT2D eigenvalue weighted by molar-refractivity contribution is -0.384. The molecule has 30 heteroatoms. The maximum atomic E-state index is 13.3. The van der Waals surface area contributed by atoms with E-state index in [1.54, 1.807) is 6.07 Å². The van der Waals surface area contributed by atoms with Gasteiger partial charge in [-0.1, -0.05) is 13.8 Å². The van der Waals surface area contributed by atoms with Gasteiger partial charge in [0.05, 0.1) is 54.6 Å². The summed E-state index contributed by atoms with van der Waals surface area (Å²) in [5, 5.41) is 16.6. The predicted molar refractivity (Wildman–Crippen MR) is 201 cm³/mol. The normalized spacial score (nSPS) is 12.0. The first-order valence-electron chi connectivity index (χ1n) is 14.8. The Hall–Kier alpha value is -4.66. The highest BCUT2D eigenvalue weighted by molar-refractivity contribution is 7.95. The number of halogens is 4. The van der Waals surface area contributed by atoms with E-state index in [9.17, 15) is 52.2 Å². The molecule has 4 N–H and O–H groups in total. The summed E-state index contributed by atoms with van der Waals surface area (Å²) >= 11 is -4.25. The first kappa shape index (κ1) is 49.5. The number of anilines is 3. The number of methoxy groups -OCH3 is 2. The van der Waals surface area contributed by atoms with Crippen molar-refractivity contribution >= 4 is 89.8 Å². The average Bonchev–Trinajstić information content (AvgIpc) is 3.16. The molecule has 0 fully saturated rings. The summed E-state index contributed by atoms with van der Waals surface area (Å²) in [5.74, 6) is -0.320. The number of hydrogen-bond donors (Lipinski definition) is 3. The molecule has 0 spiro atoms. The van der Waals surface area contributed by atoms with Crippen LogP contribution in [0.15, 0.2) is 92.4 Å². The van der Waals surface area contributed by atoms with Crippen molar-refractivity contribution in [3.8, 4) is 23.0 Å². The van der Waals surface area contributed by atoms with Crippen LogP contribution >= 0.6 is 24.1 Å². The lowest BCUT2D eigenvalue weighted by Crippen LogP contribution is -2.12. The lowest BCUT2D eigenvalue weighted by Gasteiger charge is -2.12. The van der Waals surface area contributed by atoms with Gasteiger partial charge in [-0.2, -0.15) is 25.3 Å². The minimum absolute atomic E-state index is 0.0712. The third-order valence-corrected chi connectivity index (χ3v) is 10.1. The van der Waals surface area contributed by atoms with E-state index in [-0.39, 0.29) is 62.4 Å². The fourth-order valence-electron chi connectivity index (χ4n) is 3.76. The van der Waals surface area contributed by atoms with Crippen LogP contribution in [0.4, 0.5) is 39.6 Å². The van der Waals surface area contributed by atoms with Crippen molar-refractivity contribution in [3.05, 3.63) is 82.9 Å². The molecule has 0 aromatic heterocycles. The van der Waals surface area contributed by atoms with Gasteiger partial charge in [0.25, 0.3) is 5.69 Å². The van der Waals surface area contributed by atoms with Crippen molar-refractivity contribution in [3.63, 3.8) is 0 Å². The first-order valence-corrected chi connectivity index (χ1v) is 21.2. The minimum Gasteiger partial charge on any atom is -0.495 e. The SMILES string of the molecule is CC.COc1ccc(N)cc1NS(=O)Oc1cc(SOOF)cc(S(=O)(=O)F)c1.COc1ccc([N+](=O)[O-])cc1NS(=O)Oc1cc(SOOF)cc(S(=O)(=O)F)c1. The second-order valence-corrected chi connectivity index (χ2v) is 15.4. The molecule has 4 aromatic rings. The van der Waals surface area contributed by atoms with Crippen molar-refractivity contribution in [2.45, 2.75) is 33.4 Å². The van der Waals surface area contributed by atoms with E-state index in [2.05, 4.69) is 28.3 Å². The van der Waals surface area contributed by atoms with Crippen LogP contribution in [0.3, 0.4) is 0 Å². The lowest BCUT2D eigenvalue weighted by atomic mass is 10.2.